The number of nitrogens with zero attached hydrogens (tertiary/aromatic N) is 1. The Bertz CT molecular complexity index is 721. The van der Waals surface area contributed by atoms with Crippen molar-refractivity contribution in [3.8, 4) is 21.8 Å². The van der Waals surface area contributed by atoms with Gasteiger partial charge in [-0.15, -0.1) is 11.3 Å². The first kappa shape index (κ1) is 12.0. The predicted octanol–water partition coefficient (Wildman–Crippen LogP) is 4.76. The standard InChI is InChI=1S/C15H9F2NS/c16-11-5-3-4-10(8-11)15-18-14(9-19-15)12-6-1-2-7-13(12)17/h1-9H. The van der Waals surface area contributed by atoms with E-state index >= 15 is 0 Å². The summed E-state index contributed by atoms with van der Waals surface area (Å²) < 4.78 is 26.8. The summed E-state index contributed by atoms with van der Waals surface area (Å²) >= 11 is 1.37. The van der Waals surface area contributed by atoms with Crippen LogP contribution in [-0.4, -0.2) is 4.98 Å². The van der Waals surface area contributed by atoms with Crippen molar-refractivity contribution >= 4 is 11.3 Å². The summed E-state index contributed by atoms with van der Waals surface area (Å²) in [5.41, 5.74) is 1.73. The van der Waals surface area contributed by atoms with E-state index in [-0.39, 0.29) is 11.6 Å². The highest BCUT2D eigenvalue weighted by Gasteiger charge is 2.10. The van der Waals surface area contributed by atoms with Crippen LogP contribution >= 0.6 is 11.3 Å². The molecule has 0 aliphatic carbocycles. The monoisotopic (exact) mass is 273 g/mol. The molecule has 0 spiro atoms. The van der Waals surface area contributed by atoms with Gasteiger partial charge in [0.05, 0.1) is 5.69 Å². The summed E-state index contributed by atoms with van der Waals surface area (Å²) in [5, 5.41) is 2.45. The molecule has 19 heavy (non-hydrogen) atoms. The highest BCUT2D eigenvalue weighted by Crippen LogP contribution is 2.30. The first-order valence-electron chi connectivity index (χ1n) is 5.70. The molecule has 0 radical (unpaired) electrons. The van der Waals surface area contributed by atoms with Crippen molar-refractivity contribution in [2.75, 3.05) is 0 Å². The van der Waals surface area contributed by atoms with Crippen molar-refractivity contribution in [1.82, 2.24) is 4.98 Å². The molecule has 0 N–H and O–H groups in total. The number of halogens is 2. The van der Waals surface area contributed by atoms with Crippen molar-refractivity contribution in [3.63, 3.8) is 0 Å². The van der Waals surface area contributed by atoms with Gasteiger partial charge in [-0.2, -0.15) is 0 Å². The fourth-order valence-corrected chi connectivity index (χ4v) is 2.64. The van der Waals surface area contributed by atoms with Crippen LogP contribution in [-0.2, 0) is 0 Å². The Kier molecular flexibility index (Phi) is 3.09. The molecule has 0 unspecified atom stereocenters. The van der Waals surface area contributed by atoms with Gasteiger partial charge >= 0.3 is 0 Å². The second-order valence-electron chi connectivity index (χ2n) is 4.03. The van der Waals surface area contributed by atoms with E-state index in [4.69, 9.17) is 0 Å². The highest BCUT2D eigenvalue weighted by atomic mass is 32.1. The zero-order valence-electron chi connectivity index (χ0n) is 9.81. The Morgan fingerprint density at radius 3 is 2.58 bits per heavy atom. The van der Waals surface area contributed by atoms with Gasteiger partial charge in [0.25, 0.3) is 0 Å². The molecule has 1 heterocycles. The maximum Gasteiger partial charge on any atom is 0.132 e. The van der Waals surface area contributed by atoms with Crippen LogP contribution in [0.4, 0.5) is 8.78 Å². The minimum Gasteiger partial charge on any atom is -0.236 e. The van der Waals surface area contributed by atoms with E-state index in [2.05, 4.69) is 4.98 Å². The number of rotatable bonds is 2. The van der Waals surface area contributed by atoms with E-state index in [1.807, 2.05) is 0 Å². The highest BCUT2D eigenvalue weighted by molar-refractivity contribution is 7.13. The molecular weight excluding hydrogens is 264 g/mol. The Morgan fingerprint density at radius 2 is 1.79 bits per heavy atom. The van der Waals surface area contributed by atoms with Crippen LogP contribution < -0.4 is 0 Å². The van der Waals surface area contributed by atoms with E-state index in [1.54, 1.807) is 35.7 Å². The van der Waals surface area contributed by atoms with Crippen molar-refractivity contribution in [2.24, 2.45) is 0 Å². The minimum atomic E-state index is -0.307. The van der Waals surface area contributed by atoms with Crippen LogP contribution in [0, 0.1) is 11.6 Å². The Labute approximate surface area is 113 Å². The van der Waals surface area contributed by atoms with Gasteiger partial charge in [0.2, 0.25) is 0 Å². The van der Waals surface area contributed by atoms with Crippen molar-refractivity contribution in [2.45, 2.75) is 0 Å². The molecule has 0 fully saturated rings. The molecule has 94 valence electrons. The van der Waals surface area contributed by atoms with Gasteiger partial charge in [-0.1, -0.05) is 24.3 Å². The van der Waals surface area contributed by atoms with Crippen LogP contribution in [0.15, 0.2) is 53.9 Å². The largest absolute Gasteiger partial charge is 0.236 e. The third kappa shape index (κ3) is 2.39. The maximum absolute atomic E-state index is 13.7. The average Bonchev–Trinajstić information content (AvgIpc) is 2.89. The Balaban J connectivity index is 2.03. The quantitative estimate of drug-likeness (QED) is 0.656. The van der Waals surface area contributed by atoms with Crippen LogP contribution in [0.25, 0.3) is 21.8 Å². The fourth-order valence-electron chi connectivity index (χ4n) is 1.82. The summed E-state index contributed by atoms with van der Waals surface area (Å²) in [6.45, 7) is 0. The molecule has 3 aromatic rings. The smallest absolute Gasteiger partial charge is 0.132 e. The van der Waals surface area contributed by atoms with Gasteiger partial charge in [-0.05, 0) is 24.3 Å². The Morgan fingerprint density at radius 1 is 0.947 bits per heavy atom. The molecule has 0 amide bonds. The molecule has 2 aromatic carbocycles. The number of aromatic nitrogens is 1. The van der Waals surface area contributed by atoms with Crippen molar-refractivity contribution in [1.29, 1.82) is 0 Å². The van der Waals surface area contributed by atoms with E-state index in [1.165, 1.54) is 29.5 Å². The lowest BCUT2D eigenvalue weighted by Gasteiger charge is -1.98. The van der Waals surface area contributed by atoms with Crippen molar-refractivity contribution in [3.05, 3.63) is 65.5 Å². The minimum absolute atomic E-state index is 0.305. The van der Waals surface area contributed by atoms with E-state index in [0.717, 1.165) is 0 Å². The number of benzene rings is 2. The molecule has 1 aromatic heterocycles. The van der Waals surface area contributed by atoms with Gasteiger partial charge in [0.1, 0.15) is 16.6 Å². The summed E-state index contributed by atoms with van der Waals surface area (Å²) in [6, 6.07) is 12.7. The topological polar surface area (TPSA) is 12.9 Å². The Hall–Kier alpha value is -2.07. The zero-order chi connectivity index (χ0) is 13.2. The molecule has 0 bridgehead atoms. The SMILES string of the molecule is Fc1cccc(-c2nc(-c3ccccc3F)cs2)c1. The molecule has 0 aliphatic rings. The van der Waals surface area contributed by atoms with Crippen LogP contribution in [0.5, 0.6) is 0 Å². The first-order valence-corrected chi connectivity index (χ1v) is 6.58. The number of thiazole rings is 1. The maximum atomic E-state index is 13.7. The fraction of sp³-hybridized carbons (Fsp3) is 0. The predicted molar refractivity (Wildman–Crippen MR) is 72.9 cm³/mol. The molecule has 0 saturated heterocycles. The van der Waals surface area contributed by atoms with E-state index < -0.39 is 0 Å². The lowest BCUT2D eigenvalue weighted by Crippen LogP contribution is -1.84. The first-order chi connectivity index (χ1) is 9.24. The lowest BCUT2D eigenvalue weighted by atomic mass is 10.1. The van der Waals surface area contributed by atoms with Gasteiger partial charge in [0, 0.05) is 16.5 Å². The molecule has 1 nitrogen and oxygen atoms in total. The number of hydrogen-bond donors (Lipinski definition) is 0. The lowest BCUT2D eigenvalue weighted by molar-refractivity contribution is 0.628. The molecule has 0 aliphatic heterocycles. The second kappa shape index (κ2) is 4.90. The summed E-state index contributed by atoms with van der Waals surface area (Å²) in [4.78, 5) is 4.36. The van der Waals surface area contributed by atoms with E-state index in [0.29, 0.717) is 21.8 Å². The molecule has 3 rings (SSSR count). The van der Waals surface area contributed by atoms with Gasteiger partial charge in [-0.25, -0.2) is 13.8 Å². The van der Waals surface area contributed by atoms with Crippen LogP contribution in [0.1, 0.15) is 0 Å². The summed E-state index contributed by atoms with van der Waals surface area (Å²) in [7, 11) is 0. The van der Waals surface area contributed by atoms with Gasteiger partial charge in [0.15, 0.2) is 0 Å². The summed E-state index contributed by atoms with van der Waals surface area (Å²) in [5.74, 6) is -0.612. The molecule has 0 atom stereocenters. The van der Waals surface area contributed by atoms with Crippen LogP contribution in [0.2, 0.25) is 0 Å². The van der Waals surface area contributed by atoms with Crippen LogP contribution in [0.3, 0.4) is 0 Å². The summed E-state index contributed by atoms with van der Waals surface area (Å²) in [6.07, 6.45) is 0. The molecular formula is C15H9F2NS. The third-order valence-corrected chi connectivity index (χ3v) is 3.62. The van der Waals surface area contributed by atoms with E-state index in [9.17, 15) is 8.78 Å². The average molecular weight is 273 g/mol. The van der Waals surface area contributed by atoms with Crippen molar-refractivity contribution < 1.29 is 8.78 Å². The molecule has 4 heteroatoms. The normalized spacial score (nSPS) is 10.6. The second-order valence-corrected chi connectivity index (χ2v) is 4.89. The third-order valence-electron chi connectivity index (χ3n) is 2.73. The van der Waals surface area contributed by atoms with Gasteiger partial charge in [-0.3, -0.25) is 0 Å². The zero-order valence-corrected chi connectivity index (χ0v) is 10.6. The molecule has 0 saturated carbocycles. The number of hydrogen-bond acceptors (Lipinski definition) is 2. The van der Waals surface area contributed by atoms with Gasteiger partial charge < -0.3 is 0 Å².